The number of nitro groups is 1. The smallest absolute Gasteiger partial charge is 0.270 e. The summed E-state index contributed by atoms with van der Waals surface area (Å²) in [4.78, 5) is 22.5. The van der Waals surface area contributed by atoms with E-state index in [1.165, 1.54) is 35.6 Å². The number of nitrogens with one attached hydrogen (secondary N) is 1. The highest BCUT2D eigenvalue weighted by atomic mass is 32.1. The van der Waals surface area contributed by atoms with Crippen molar-refractivity contribution in [2.45, 2.75) is 12.8 Å². The number of nitro benzene ring substituents is 1. The molecule has 0 aliphatic rings. The number of aryl methyl sites for hydroxylation is 1. The van der Waals surface area contributed by atoms with Crippen molar-refractivity contribution in [1.29, 1.82) is 0 Å². The maximum atomic E-state index is 12.2. The van der Waals surface area contributed by atoms with Crippen LogP contribution in [0.2, 0.25) is 0 Å². The number of aromatic nitrogens is 2. The number of carbonyl (C=O) groups excluding carboxylic acids is 1. The van der Waals surface area contributed by atoms with Crippen LogP contribution in [0.5, 0.6) is 5.75 Å². The van der Waals surface area contributed by atoms with Crippen molar-refractivity contribution in [3.05, 3.63) is 75.3 Å². The molecule has 27 heavy (non-hydrogen) atoms. The molecule has 0 radical (unpaired) electrons. The largest absolute Gasteiger partial charge is 0.494 e. The lowest BCUT2D eigenvalue weighted by Crippen LogP contribution is -2.11. The Morgan fingerprint density at radius 3 is 2.74 bits per heavy atom. The van der Waals surface area contributed by atoms with E-state index in [4.69, 9.17) is 4.74 Å². The summed E-state index contributed by atoms with van der Waals surface area (Å²) in [6, 6.07) is 15.1. The van der Waals surface area contributed by atoms with Gasteiger partial charge in [-0.2, -0.15) is 0 Å². The third-order valence-corrected chi connectivity index (χ3v) is 4.45. The monoisotopic (exact) mass is 384 g/mol. The Bertz CT molecular complexity index is 930. The summed E-state index contributed by atoms with van der Waals surface area (Å²) >= 11 is 1.27. The van der Waals surface area contributed by atoms with E-state index in [2.05, 4.69) is 15.5 Å². The fourth-order valence-corrected chi connectivity index (χ4v) is 3.04. The van der Waals surface area contributed by atoms with Gasteiger partial charge in [-0.3, -0.25) is 20.2 Å². The maximum absolute atomic E-state index is 12.2. The molecule has 9 heteroatoms. The Hall–Kier alpha value is -3.33. The molecule has 1 amide bonds. The van der Waals surface area contributed by atoms with Crippen LogP contribution in [0, 0.1) is 10.1 Å². The number of anilines is 1. The van der Waals surface area contributed by atoms with Gasteiger partial charge in [0.05, 0.1) is 11.5 Å². The van der Waals surface area contributed by atoms with Gasteiger partial charge in [0.15, 0.2) is 0 Å². The molecule has 0 atom stereocenters. The second kappa shape index (κ2) is 8.86. The normalized spacial score (nSPS) is 10.4. The highest BCUT2D eigenvalue weighted by Crippen LogP contribution is 2.19. The van der Waals surface area contributed by atoms with Crippen LogP contribution >= 0.6 is 11.3 Å². The lowest BCUT2D eigenvalue weighted by Gasteiger charge is -2.04. The highest BCUT2D eigenvalue weighted by Gasteiger charge is 2.13. The molecule has 0 saturated heterocycles. The first-order chi connectivity index (χ1) is 13.1. The number of hydrogen-bond acceptors (Lipinski definition) is 7. The van der Waals surface area contributed by atoms with Crippen LogP contribution in [0.1, 0.15) is 21.8 Å². The van der Waals surface area contributed by atoms with Crippen molar-refractivity contribution < 1.29 is 14.5 Å². The first-order valence-electron chi connectivity index (χ1n) is 8.18. The van der Waals surface area contributed by atoms with E-state index in [0.29, 0.717) is 18.2 Å². The quantitative estimate of drug-likeness (QED) is 0.360. The summed E-state index contributed by atoms with van der Waals surface area (Å²) in [7, 11) is 0. The Morgan fingerprint density at radius 2 is 1.96 bits per heavy atom. The predicted octanol–water partition coefficient (Wildman–Crippen LogP) is 3.71. The number of benzene rings is 2. The van der Waals surface area contributed by atoms with Crippen LogP contribution in [0.3, 0.4) is 0 Å². The van der Waals surface area contributed by atoms with E-state index in [-0.39, 0.29) is 11.3 Å². The number of carbonyl (C=O) groups is 1. The van der Waals surface area contributed by atoms with Crippen molar-refractivity contribution in [1.82, 2.24) is 10.2 Å². The average molecular weight is 384 g/mol. The molecule has 3 aromatic rings. The summed E-state index contributed by atoms with van der Waals surface area (Å²) in [5.74, 6) is 0.355. The van der Waals surface area contributed by atoms with E-state index in [0.717, 1.165) is 17.2 Å². The van der Waals surface area contributed by atoms with Gasteiger partial charge in [-0.15, -0.1) is 10.2 Å². The molecule has 0 aliphatic heterocycles. The first kappa shape index (κ1) is 18.5. The van der Waals surface area contributed by atoms with Crippen LogP contribution in [0.4, 0.5) is 10.8 Å². The standard InChI is InChI=1S/C18H16N4O4S/c23-17(13-6-4-7-14(12-13)22(24)25)19-18-21-20-16(27-18)10-5-11-26-15-8-2-1-3-9-15/h1-4,6-9,12H,5,10-11H2,(H,19,21,23). The molecule has 1 heterocycles. The Labute approximate surface area is 159 Å². The number of non-ortho nitro benzene ring substituents is 1. The minimum Gasteiger partial charge on any atom is -0.494 e. The second-order valence-corrected chi connectivity index (χ2v) is 6.59. The van der Waals surface area contributed by atoms with Crippen LogP contribution in [0.15, 0.2) is 54.6 Å². The Balaban J connectivity index is 1.49. The molecule has 0 fully saturated rings. The molecule has 0 unspecified atom stereocenters. The fourth-order valence-electron chi connectivity index (χ4n) is 2.27. The zero-order chi connectivity index (χ0) is 19.1. The van der Waals surface area contributed by atoms with Crippen LogP contribution < -0.4 is 10.1 Å². The topological polar surface area (TPSA) is 107 Å². The van der Waals surface area contributed by atoms with E-state index in [9.17, 15) is 14.9 Å². The molecule has 0 saturated carbocycles. The fraction of sp³-hybridized carbons (Fsp3) is 0.167. The third kappa shape index (κ3) is 5.32. The van der Waals surface area contributed by atoms with E-state index < -0.39 is 10.8 Å². The lowest BCUT2D eigenvalue weighted by molar-refractivity contribution is -0.384. The summed E-state index contributed by atoms with van der Waals surface area (Å²) in [6.07, 6.45) is 1.44. The molecule has 1 aromatic heterocycles. The average Bonchev–Trinajstić information content (AvgIpc) is 3.13. The van der Waals surface area contributed by atoms with E-state index in [1.807, 2.05) is 30.3 Å². The molecular weight excluding hydrogens is 368 g/mol. The van der Waals surface area contributed by atoms with E-state index >= 15 is 0 Å². The summed E-state index contributed by atoms with van der Waals surface area (Å²) < 4.78 is 5.62. The van der Waals surface area contributed by atoms with Gasteiger partial charge in [0, 0.05) is 24.1 Å². The highest BCUT2D eigenvalue weighted by molar-refractivity contribution is 7.15. The van der Waals surface area contributed by atoms with E-state index in [1.54, 1.807) is 0 Å². The van der Waals surface area contributed by atoms with Crippen LogP contribution in [0.25, 0.3) is 0 Å². The van der Waals surface area contributed by atoms with Gasteiger partial charge in [-0.05, 0) is 24.6 Å². The van der Waals surface area contributed by atoms with Crippen LogP contribution in [-0.4, -0.2) is 27.6 Å². The van der Waals surface area contributed by atoms with Crippen molar-refractivity contribution >= 4 is 28.1 Å². The SMILES string of the molecule is O=C(Nc1nnc(CCCOc2ccccc2)s1)c1cccc([N+](=O)[O-])c1. The first-order valence-corrected chi connectivity index (χ1v) is 8.99. The number of amides is 1. The van der Waals surface area contributed by atoms with Crippen molar-refractivity contribution in [2.24, 2.45) is 0 Å². The molecule has 0 bridgehead atoms. The molecule has 1 N–H and O–H groups in total. The second-order valence-electron chi connectivity index (χ2n) is 5.53. The number of rotatable bonds is 8. The van der Waals surface area contributed by atoms with Gasteiger partial charge in [0.25, 0.3) is 11.6 Å². The van der Waals surface area contributed by atoms with Crippen LogP contribution in [-0.2, 0) is 6.42 Å². The summed E-state index contributed by atoms with van der Waals surface area (Å²) in [5, 5.41) is 22.5. The lowest BCUT2D eigenvalue weighted by atomic mass is 10.2. The van der Waals surface area contributed by atoms with Gasteiger partial charge in [0.2, 0.25) is 5.13 Å². The number of para-hydroxylation sites is 1. The van der Waals surface area contributed by atoms with Crippen molar-refractivity contribution in [3.63, 3.8) is 0 Å². The molecule has 0 aliphatic carbocycles. The molecule has 8 nitrogen and oxygen atoms in total. The molecule has 3 rings (SSSR count). The molecular formula is C18H16N4O4S. The van der Waals surface area contributed by atoms with Gasteiger partial charge in [0.1, 0.15) is 10.8 Å². The number of nitrogens with zero attached hydrogens (tertiary/aromatic N) is 3. The Morgan fingerprint density at radius 1 is 1.15 bits per heavy atom. The minimum absolute atomic E-state index is 0.140. The van der Waals surface area contributed by atoms with Gasteiger partial charge >= 0.3 is 0 Å². The Kier molecular flexibility index (Phi) is 6.06. The van der Waals surface area contributed by atoms with Gasteiger partial charge < -0.3 is 4.74 Å². The molecule has 2 aromatic carbocycles. The van der Waals surface area contributed by atoms with Crippen molar-refractivity contribution in [2.75, 3.05) is 11.9 Å². The molecule has 138 valence electrons. The predicted molar refractivity (Wildman–Crippen MR) is 101 cm³/mol. The third-order valence-electron chi connectivity index (χ3n) is 3.55. The maximum Gasteiger partial charge on any atom is 0.270 e. The molecule has 0 spiro atoms. The van der Waals surface area contributed by atoms with Gasteiger partial charge in [-0.25, -0.2) is 0 Å². The number of ether oxygens (including phenoxy) is 1. The number of hydrogen-bond donors (Lipinski definition) is 1. The van der Waals surface area contributed by atoms with Gasteiger partial charge in [-0.1, -0.05) is 35.6 Å². The minimum atomic E-state index is -0.544. The summed E-state index contributed by atoms with van der Waals surface area (Å²) in [6.45, 7) is 0.555. The zero-order valence-corrected chi connectivity index (χ0v) is 15.0. The zero-order valence-electron chi connectivity index (χ0n) is 14.2. The van der Waals surface area contributed by atoms with Crippen molar-refractivity contribution in [3.8, 4) is 5.75 Å². The summed E-state index contributed by atoms with van der Waals surface area (Å²) in [5.41, 5.74) is 0.0521.